The molecule has 0 aromatic heterocycles. The summed E-state index contributed by atoms with van der Waals surface area (Å²) in [7, 11) is 0. The van der Waals surface area contributed by atoms with E-state index in [1.54, 1.807) is 0 Å². The van der Waals surface area contributed by atoms with E-state index >= 15 is 0 Å². The standard InChI is InChI=1S/C44H84O5/c1-5-8-11-14-22-29-36-42(37-30-23-15-12-9-6-2)49-44(47)39-32-25-19-21-28-35-41(45)34-27-20-17-16-18-24-31-38-43(46)48-40(4)33-26-13-10-7-3/h40,42H,5-39H2,1-4H3. The zero-order valence-corrected chi connectivity index (χ0v) is 33.4. The van der Waals surface area contributed by atoms with Gasteiger partial charge in [0, 0.05) is 25.7 Å². The number of hydrogen-bond donors (Lipinski definition) is 0. The normalized spacial score (nSPS) is 12.0. The van der Waals surface area contributed by atoms with Crippen LogP contribution in [0.15, 0.2) is 0 Å². The van der Waals surface area contributed by atoms with Crippen LogP contribution in [0.4, 0.5) is 0 Å². The van der Waals surface area contributed by atoms with Crippen LogP contribution in [-0.2, 0) is 23.9 Å². The maximum atomic E-state index is 12.6. The SMILES string of the molecule is CCCCCCCCC(CCCCCCCC)OC(=O)CCCCCCCC(=O)CCCCCCCCCC(=O)OC(C)CCCCCC. The first-order chi connectivity index (χ1) is 23.9. The fourth-order valence-corrected chi connectivity index (χ4v) is 6.73. The van der Waals surface area contributed by atoms with Crippen molar-refractivity contribution in [3.05, 3.63) is 0 Å². The van der Waals surface area contributed by atoms with E-state index in [0.29, 0.717) is 31.5 Å². The summed E-state index contributed by atoms with van der Waals surface area (Å²) >= 11 is 0. The Hall–Kier alpha value is -1.39. The summed E-state index contributed by atoms with van der Waals surface area (Å²) in [5, 5.41) is 0. The summed E-state index contributed by atoms with van der Waals surface area (Å²) < 4.78 is 11.5. The predicted octanol–water partition coefficient (Wildman–Crippen LogP) is 14.1. The fourth-order valence-electron chi connectivity index (χ4n) is 6.73. The highest BCUT2D eigenvalue weighted by Gasteiger charge is 2.14. The van der Waals surface area contributed by atoms with Crippen LogP contribution < -0.4 is 0 Å². The number of hydrogen-bond acceptors (Lipinski definition) is 5. The molecule has 0 spiro atoms. The highest BCUT2D eigenvalue weighted by atomic mass is 16.5. The second kappa shape index (κ2) is 37.9. The lowest BCUT2D eigenvalue weighted by molar-refractivity contribution is -0.150. The van der Waals surface area contributed by atoms with E-state index in [-0.39, 0.29) is 24.1 Å². The zero-order chi connectivity index (χ0) is 36.0. The van der Waals surface area contributed by atoms with Gasteiger partial charge in [0.15, 0.2) is 0 Å². The average Bonchev–Trinajstić information content (AvgIpc) is 3.08. The van der Waals surface area contributed by atoms with Gasteiger partial charge in [0.1, 0.15) is 11.9 Å². The Morgan fingerprint density at radius 1 is 0.367 bits per heavy atom. The predicted molar refractivity (Wildman–Crippen MR) is 209 cm³/mol. The lowest BCUT2D eigenvalue weighted by Crippen LogP contribution is -2.18. The Morgan fingerprint density at radius 3 is 1.10 bits per heavy atom. The summed E-state index contributed by atoms with van der Waals surface area (Å²) in [5.74, 6) is 0.362. The first kappa shape index (κ1) is 47.6. The van der Waals surface area contributed by atoms with Gasteiger partial charge in [-0.15, -0.1) is 0 Å². The van der Waals surface area contributed by atoms with Gasteiger partial charge in [0.05, 0.1) is 6.10 Å². The first-order valence-electron chi connectivity index (χ1n) is 21.8. The van der Waals surface area contributed by atoms with Crippen LogP contribution in [-0.4, -0.2) is 29.9 Å². The topological polar surface area (TPSA) is 69.7 Å². The van der Waals surface area contributed by atoms with Crippen LogP contribution in [0.2, 0.25) is 0 Å². The molecule has 5 heteroatoms. The van der Waals surface area contributed by atoms with Crippen LogP contribution in [0, 0.1) is 0 Å². The number of rotatable bonds is 39. The third-order valence-electron chi connectivity index (χ3n) is 10.0. The minimum Gasteiger partial charge on any atom is -0.463 e. The summed E-state index contributed by atoms with van der Waals surface area (Å²) in [6.07, 6.45) is 38.6. The van der Waals surface area contributed by atoms with E-state index < -0.39 is 0 Å². The molecular weight excluding hydrogens is 608 g/mol. The number of Topliss-reactive ketones (excluding diaryl/α,β-unsaturated/α-hetero) is 1. The molecule has 0 fully saturated rings. The van der Waals surface area contributed by atoms with E-state index in [9.17, 15) is 14.4 Å². The molecule has 5 nitrogen and oxygen atoms in total. The Bertz CT molecular complexity index is 719. The Labute approximate surface area is 305 Å². The molecule has 0 aliphatic rings. The minimum absolute atomic E-state index is 0.00434. The highest BCUT2D eigenvalue weighted by molar-refractivity contribution is 5.78. The second-order valence-electron chi connectivity index (χ2n) is 15.2. The van der Waals surface area contributed by atoms with E-state index in [4.69, 9.17) is 9.47 Å². The van der Waals surface area contributed by atoms with Crippen molar-refractivity contribution in [2.45, 2.75) is 265 Å². The average molecular weight is 693 g/mol. The molecule has 0 radical (unpaired) electrons. The number of carbonyl (C=O) groups excluding carboxylic acids is 3. The van der Waals surface area contributed by atoms with Crippen molar-refractivity contribution < 1.29 is 23.9 Å². The van der Waals surface area contributed by atoms with E-state index in [1.807, 2.05) is 6.92 Å². The van der Waals surface area contributed by atoms with Crippen LogP contribution in [0.3, 0.4) is 0 Å². The third-order valence-corrected chi connectivity index (χ3v) is 10.0. The van der Waals surface area contributed by atoms with Crippen molar-refractivity contribution in [3.8, 4) is 0 Å². The van der Waals surface area contributed by atoms with Crippen molar-refractivity contribution in [2.24, 2.45) is 0 Å². The van der Waals surface area contributed by atoms with Gasteiger partial charge in [-0.25, -0.2) is 0 Å². The van der Waals surface area contributed by atoms with Crippen LogP contribution in [0.25, 0.3) is 0 Å². The van der Waals surface area contributed by atoms with Gasteiger partial charge in [0.25, 0.3) is 0 Å². The lowest BCUT2D eigenvalue weighted by Gasteiger charge is -2.18. The smallest absolute Gasteiger partial charge is 0.306 e. The molecule has 0 saturated carbocycles. The number of carbonyl (C=O) groups is 3. The zero-order valence-electron chi connectivity index (χ0n) is 33.4. The number of unbranched alkanes of at least 4 members (excludes halogenated alkanes) is 23. The molecule has 290 valence electrons. The number of ether oxygens (including phenoxy) is 2. The van der Waals surface area contributed by atoms with Crippen molar-refractivity contribution >= 4 is 17.7 Å². The molecule has 0 rings (SSSR count). The molecule has 0 saturated heterocycles. The van der Waals surface area contributed by atoms with Crippen molar-refractivity contribution in [2.75, 3.05) is 0 Å². The molecule has 0 aromatic carbocycles. The Kier molecular flexibility index (Phi) is 36.8. The molecule has 0 bridgehead atoms. The van der Waals surface area contributed by atoms with Crippen LogP contribution in [0.1, 0.15) is 252 Å². The second-order valence-corrected chi connectivity index (χ2v) is 15.2. The largest absolute Gasteiger partial charge is 0.463 e. The quantitative estimate of drug-likeness (QED) is 0.0474. The van der Waals surface area contributed by atoms with Crippen molar-refractivity contribution in [3.63, 3.8) is 0 Å². The minimum atomic E-state index is -0.0393. The van der Waals surface area contributed by atoms with Crippen molar-refractivity contribution in [1.82, 2.24) is 0 Å². The molecule has 0 N–H and O–H groups in total. The number of esters is 2. The third kappa shape index (κ3) is 36.2. The van der Waals surface area contributed by atoms with Gasteiger partial charge < -0.3 is 9.47 Å². The highest BCUT2D eigenvalue weighted by Crippen LogP contribution is 2.19. The molecule has 0 aromatic rings. The van der Waals surface area contributed by atoms with Gasteiger partial charge in [-0.1, -0.05) is 156 Å². The van der Waals surface area contributed by atoms with Gasteiger partial charge in [-0.05, 0) is 71.1 Å². The monoisotopic (exact) mass is 693 g/mol. The molecule has 0 aliphatic carbocycles. The molecule has 0 heterocycles. The van der Waals surface area contributed by atoms with E-state index in [1.165, 1.54) is 109 Å². The maximum Gasteiger partial charge on any atom is 0.306 e. The van der Waals surface area contributed by atoms with Crippen LogP contribution >= 0.6 is 0 Å². The molecule has 49 heavy (non-hydrogen) atoms. The first-order valence-corrected chi connectivity index (χ1v) is 21.8. The van der Waals surface area contributed by atoms with Gasteiger partial charge >= 0.3 is 11.9 Å². The van der Waals surface area contributed by atoms with E-state index in [2.05, 4.69) is 20.8 Å². The Morgan fingerprint density at radius 2 is 0.673 bits per heavy atom. The molecule has 1 unspecified atom stereocenters. The van der Waals surface area contributed by atoms with Crippen LogP contribution in [0.5, 0.6) is 0 Å². The van der Waals surface area contributed by atoms with Gasteiger partial charge in [-0.3, -0.25) is 14.4 Å². The Balaban J connectivity index is 3.77. The lowest BCUT2D eigenvalue weighted by atomic mass is 10.0. The molecule has 0 amide bonds. The summed E-state index contributed by atoms with van der Waals surface area (Å²) in [4.78, 5) is 36.9. The number of ketones is 1. The van der Waals surface area contributed by atoms with Gasteiger partial charge in [0.2, 0.25) is 0 Å². The summed E-state index contributed by atoms with van der Waals surface area (Å²) in [5.41, 5.74) is 0. The summed E-state index contributed by atoms with van der Waals surface area (Å²) in [6.45, 7) is 8.74. The van der Waals surface area contributed by atoms with Crippen molar-refractivity contribution in [1.29, 1.82) is 0 Å². The molecule has 1 atom stereocenters. The maximum absolute atomic E-state index is 12.6. The fraction of sp³-hybridized carbons (Fsp3) is 0.932. The van der Waals surface area contributed by atoms with E-state index in [0.717, 1.165) is 89.9 Å². The summed E-state index contributed by atoms with van der Waals surface area (Å²) in [6, 6.07) is 0. The molecular formula is C44H84O5. The van der Waals surface area contributed by atoms with Gasteiger partial charge in [-0.2, -0.15) is 0 Å². The molecule has 0 aliphatic heterocycles.